The molecule has 0 fully saturated rings. The van der Waals surface area contributed by atoms with Gasteiger partial charge in [-0.2, -0.15) is 0 Å². The van der Waals surface area contributed by atoms with E-state index in [4.69, 9.17) is 9.52 Å². The van der Waals surface area contributed by atoms with Crippen molar-refractivity contribution in [1.29, 1.82) is 0 Å². The van der Waals surface area contributed by atoms with Crippen LogP contribution >= 0.6 is 0 Å². The second-order valence-electron chi connectivity index (χ2n) is 3.62. The zero-order valence-electron chi connectivity index (χ0n) is 9.51. The average Bonchev–Trinajstić information content (AvgIpc) is 2.76. The highest BCUT2D eigenvalue weighted by Crippen LogP contribution is 2.13. The van der Waals surface area contributed by atoms with E-state index in [1.165, 1.54) is 24.6 Å². The van der Waals surface area contributed by atoms with Crippen LogP contribution in [0.1, 0.15) is 26.6 Å². The van der Waals surface area contributed by atoms with Gasteiger partial charge in [-0.05, 0) is 25.1 Å². The first-order chi connectivity index (χ1) is 8.58. The number of carbonyl (C=O) groups excluding carboxylic acids is 1. The van der Waals surface area contributed by atoms with E-state index in [1.54, 1.807) is 13.0 Å². The quantitative estimate of drug-likeness (QED) is 0.863. The molecule has 6 nitrogen and oxygen atoms in total. The molecule has 2 heterocycles. The van der Waals surface area contributed by atoms with E-state index in [9.17, 15) is 9.59 Å². The van der Waals surface area contributed by atoms with Crippen LogP contribution in [-0.2, 0) is 0 Å². The molecule has 2 aromatic heterocycles. The molecule has 0 spiro atoms. The van der Waals surface area contributed by atoms with Gasteiger partial charge in [-0.25, -0.2) is 9.78 Å². The van der Waals surface area contributed by atoms with Crippen molar-refractivity contribution in [3.05, 3.63) is 47.7 Å². The van der Waals surface area contributed by atoms with E-state index in [0.717, 1.165) is 0 Å². The number of nitrogens with zero attached hydrogens (tertiary/aromatic N) is 1. The van der Waals surface area contributed by atoms with Crippen molar-refractivity contribution in [2.24, 2.45) is 0 Å². The number of furan rings is 1. The van der Waals surface area contributed by atoms with Crippen LogP contribution in [-0.4, -0.2) is 22.0 Å². The Balaban J connectivity index is 2.20. The van der Waals surface area contributed by atoms with Gasteiger partial charge in [-0.3, -0.25) is 4.79 Å². The SMILES string of the molecule is Cc1ccoc1C(=O)Nc1ccnc(C(=O)O)c1. The molecule has 0 unspecified atom stereocenters. The Morgan fingerprint density at radius 3 is 2.78 bits per heavy atom. The minimum atomic E-state index is -1.15. The second kappa shape index (κ2) is 4.70. The van der Waals surface area contributed by atoms with Gasteiger partial charge in [0.05, 0.1) is 6.26 Å². The lowest BCUT2D eigenvalue weighted by Crippen LogP contribution is -2.13. The molecule has 0 aliphatic heterocycles. The summed E-state index contributed by atoms with van der Waals surface area (Å²) in [5, 5.41) is 11.3. The number of rotatable bonds is 3. The molecule has 18 heavy (non-hydrogen) atoms. The number of amides is 1. The van der Waals surface area contributed by atoms with E-state index in [-0.39, 0.29) is 11.5 Å². The normalized spacial score (nSPS) is 10.1. The molecule has 0 atom stereocenters. The number of aryl methyl sites for hydroxylation is 1. The minimum Gasteiger partial charge on any atom is -0.477 e. The number of anilines is 1. The van der Waals surface area contributed by atoms with E-state index in [1.807, 2.05) is 0 Å². The zero-order valence-corrected chi connectivity index (χ0v) is 9.51. The Hall–Kier alpha value is -2.63. The molecule has 0 aliphatic carbocycles. The van der Waals surface area contributed by atoms with Crippen LogP contribution in [0.25, 0.3) is 0 Å². The first-order valence-corrected chi connectivity index (χ1v) is 5.12. The fourth-order valence-corrected chi connectivity index (χ4v) is 1.42. The summed E-state index contributed by atoms with van der Waals surface area (Å²) in [5.74, 6) is -1.39. The molecule has 6 heteroatoms. The largest absolute Gasteiger partial charge is 0.477 e. The standard InChI is InChI=1S/C12H10N2O4/c1-7-3-5-18-10(7)11(15)14-8-2-4-13-9(6-8)12(16)17/h2-6H,1H3,(H,16,17)(H,13,14,15). The van der Waals surface area contributed by atoms with Gasteiger partial charge in [0.2, 0.25) is 0 Å². The Labute approximate surface area is 102 Å². The van der Waals surface area contributed by atoms with Gasteiger partial charge in [0, 0.05) is 17.4 Å². The van der Waals surface area contributed by atoms with E-state index < -0.39 is 11.9 Å². The number of hydrogen-bond donors (Lipinski definition) is 2. The topological polar surface area (TPSA) is 92.4 Å². The lowest BCUT2D eigenvalue weighted by molar-refractivity contribution is 0.0690. The summed E-state index contributed by atoms with van der Waals surface area (Å²) in [6.45, 7) is 1.74. The van der Waals surface area contributed by atoms with E-state index >= 15 is 0 Å². The van der Waals surface area contributed by atoms with Gasteiger partial charge in [-0.15, -0.1) is 0 Å². The molecule has 92 valence electrons. The highest BCUT2D eigenvalue weighted by Gasteiger charge is 2.13. The Kier molecular flexibility index (Phi) is 3.09. The third kappa shape index (κ3) is 2.37. The second-order valence-corrected chi connectivity index (χ2v) is 3.62. The van der Waals surface area contributed by atoms with Crippen molar-refractivity contribution in [3.63, 3.8) is 0 Å². The minimum absolute atomic E-state index is 0.135. The summed E-state index contributed by atoms with van der Waals surface area (Å²) < 4.78 is 5.03. The summed E-state index contributed by atoms with van der Waals surface area (Å²) in [6.07, 6.45) is 2.73. The molecule has 2 aromatic rings. The van der Waals surface area contributed by atoms with Crippen molar-refractivity contribution >= 4 is 17.6 Å². The Bertz CT molecular complexity index is 604. The van der Waals surface area contributed by atoms with Crippen LogP contribution in [0.15, 0.2) is 35.1 Å². The Morgan fingerprint density at radius 1 is 1.39 bits per heavy atom. The van der Waals surface area contributed by atoms with Crippen LogP contribution in [0, 0.1) is 6.92 Å². The van der Waals surface area contributed by atoms with Crippen molar-refractivity contribution in [3.8, 4) is 0 Å². The van der Waals surface area contributed by atoms with E-state index in [0.29, 0.717) is 11.3 Å². The smallest absolute Gasteiger partial charge is 0.354 e. The number of carboxylic acid groups (broad SMARTS) is 1. The maximum atomic E-state index is 11.8. The van der Waals surface area contributed by atoms with Crippen LogP contribution in [0.4, 0.5) is 5.69 Å². The molecule has 0 saturated heterocycles. The molecule has 2 N–H and O–H groups in total. The summed E-state index contributed by atoms with van der Waals surface area (Å²) in [7, 11) is 0. The van der Waals surface area contributed by atoms with Crippen molar-refractivity contribution in [2.75, 3.05) is 5.32 Å². The van der Waals surface area contributed by atoms with Gasteiger partial charge < -0.3 is 14.8 Å². The fourth-order valence-electron chi connectivity index (χ4n) is 1.42. The molecule has 0 aromatic carbocycles. The number of pyridine rings is 1. The maximum absolute atomic E-state index is 11.8. The highest BCUT2D eigenvalue weighted by molar-refractivity contribution is 6.03. The van der Waals surface area contributed by atoms with Crippen molar-refractivity contribution in [1.82, 2.24) is 4.98 Å². The van der Waals surface area contributed by atoms with Crippen LogP contribution in [0.5, 0.6) is 0 Å². The Morgan fingerprint density at radius 2 is 2.17 bits per heavy atom. The number of aromatic carboxylic acids is 1. The summed E-state index contributed by atoms with van der Waals surface area (Å²) in [5.41, 5.74) is 0.923. The number of nitrogens with one attached hydrogen (secondary N) is 1. The maximum Gasteiger partial charge on any atom is 0.354 e. The lowest BCUT2D eigenvalue weighted by Gasteiger charge is -2.04. The predicted octanol–water partition coefficient (Wildman–Crippen LogP) is 1.93. The van der Waals surface area contributed by atoms with Crippen LogP contribution in [0.2, 0.25) is 0 Å². The monoisotopic (exact) mass is 246 g/mol. The summed E-state index contributed by atoms with van der Waals surface area (Å²) in [4.78, 5) is 26.2. The predicted molar refractivity (Wildman–Crippen MR) is 62.6 cm³/mol. The zero-order chi connectivity index (χ0) is 13.1. The number of carbonyl (C=O) groups is 2. The van der Waals surface area contributed by atoms with Crippen LogP contribution < -0.4 is 5.32 Å². The molecular formula is C12H10N2O4. The van der Waals surface area contributed by atoms with Crippen molar-refractivity contribution in [2.45, 2.75) is 6.92 Å². The lowest BCUT2D eigenvalue weighted by atomic mass is 10.2. The summed E-state index contributed by atoms with van der Waals surface area (Å²) in [6, 6.07) is 4.45. The van der Waals surface area contributed by atoms with Crippen molar-refractivity contribution < 1.29 is 19.1 Å². The number of aromatic nitrogens is 1. The van der Waals surface area contributed by atoms with Gasteiger partial charge in [0.25, 0.3) is 5.91 Å². The first-order valence-electron chi connectivity index (χ1n) is 5.12. The average molecular weight is 246 g/mol. The van der Waals surface area contributed by atoms with Gasteiger partial charge >= 0.3 is 5.97 Å². The highest BCUT2D eigenvalue weighted by atomic mass is 16.4. The first kappa shape index (κ1) is 11.8. The molecule has 2 rings (SSSR count). The number of hydrogen-bond acceptors (Lipinski definition) is 4. The van der Waals surface area contributed by atoms with E-state index in [2.05, 4.69) is 10.3 Å². The molecule has 0 bridgehead atoms. The third-order valence-corrected chi connectivity index (χ3v) is 2.31. The summed E-state index contributed by atoms with van der Waals surface area (Å²) >= 11 is 0. The fraction of sp³-hybridized carbons (Fsp3) is 0.0833. The number of carboxylic acids is 1. The van der Waals surface area contributed by atoms with Gasteiger partial charge in [0.15, 0.2) is 5.76 Å². The van der Waals surface area contributed by atoms with Crippen LogP contribution in [0.3, 0.4) is 0 Å². The van der Waals surface area contributed by atoms with Gasteiger partial charge in [-0.1, -0.05) is 0 Å². The molecule has 1 amide bonds. The molecule has 0 radical (unpaired) electrons. The molecule has 0 aliphatic rings. The molecular weight excluding hydrogens is 236 g/mol. The van der Waals surface area contributed by atoms with Gasteiger partial charge in [0.1, 0.15) is 5.69 Å². The molecule has 0 saturated carbocycles. The third-order valence-electron chi connectivity index (χ3n) is 2.31.